The second-order valence-electron chi connectivity index (χ2n) is 8.83. The molecule has 1 heterocycles. The fourth-order valence-corrected chi connectivity index (χ4v) is 3.43. The van der Waals surface area contributed by atoms with Crippen molar-refractivity contribution in [1.82, 2.24) is 9.80 Å². The van der Waals surface area contributed by atoms with E-state index in [1.54, 1.807) is 11.8 Å². The van der Waals surface area contributed by atoms with E-state index in [1.807, 2.05) is 53.4 Å². The van der Waals surface area contributed by atoms with Gasteiger partial charge in [-0.15, -0.1) is 0 Å². The second kappa shape index (κ2) is 8.87. The molecule has 150 valence electrons. The number of carbonyl (C=O) groups excluding carboxylic acids is 3. The van der Waals surface area contributed by atoms with Gasteiger partial charge in [-0.3, -0.25) is 14.4 Å². The Morgan fingerprint density at radius 3 is 1.81 bits per heavy atom. The van der Waals surface area contributed by atoms with Crippen LogP contribution in [-0.4, -0.2) is 58.9 Å². The number of amides is 2. The van der Waals surface area contributed by atoms with Crippen molar-refractivity contribution in [2.45, 2.75) is 86.4 Å². The Bertz CT molecular complexity index is 506. The lowest BCUT2D eigenvalue weighted by atomic mass is 9.91. The molecule has 1 aliphatic rings. The van der Waals surface area contributed by atoms with Crippen LogP contribution in [0.1, 0.15) is 68.2 Å². The molecule has 1 fully saturated rings. The minimum atomic E-state index is -0.790. The lowest BCUT2D eigenvalue weighted by molar-refractivity contribution is -0.165. The van der Waals surface area contributed by atoms with Crippen LogP contribution >= 0.6 is 0 Å². The maximum atomic E-state index is 12.6. The summed E-state index contributed by atoms with van der Waals surface area (Å²) in [5, 5.41) is 0. The van der Waals surface area contributed by atoms with E-state index in [0.29, 0.717) is 25.9 Å². The molecule has 1 saturated heterocycles. The molecule has 0 aromatic heterocycles. The van der Waals surface area contributed by atoms with E-state index in [4.69, 9.17) is 4.74 Å². The minimum Gasteiger partial charge on any atom is -0.452 e. The van der Waals surface area contributed by atoms with Crippen LogP contribution in [0.3, 0.4) is 0 Å². The average molecular weight is 369 g/mol. The largest absolute Gasteiger partial charge is 0.452 e. The maximum absolute atomic E-state index is 12.6. The number of esters is 1. The second-order valence-corrected chi connectivity index (χ2v) is 8.83. The summed E-state index contributed by atoms with van der Waals surface area (Å²) in [6, 6.07) is 0.102. The van der Waals surface area contributed by atoms with Gasteiger partial charge in [-0.1, -0.05) is 20.8 Å². The van der Waals surface area contributed by atoms with Gasteiger partial charge in [0.1, 0.15) is 0 Å². The highest BCUT2D eigenvalue weighted by Crippen LogP contribution is 2.24. The number of ether oxygens (including phenoxy) is 1. The van der Waals surface area contributed by atoms with E-state index >= 15 is 0 Å². The van der Waals surface area contributed by atoms with Crippen molar-refractivity contribution in [1.29, 1.82) is 0 Å². The van der Waals surface area contributed by atoms with Gasteiger partial charge in [0.25, 0.3) is 5.91 Å². The van der Waals surface area contributed by atoms with Crippen LogP contribution in [0, 0.1) is 11.3 Å². The standard InChI is InChI=1S/C20H36N2O4/c1-13(2)22(14(3)4)17(23)15(5)26-18(24)16-9-11-21(12-10-16)19(25)20(6,7)8/h13-16H,9-12H2,1-8H3. The Hall–Kier alpha value is -1.59. The predicted octanol–water partition coefficient (Wildman–Crippen LogP) is 2.85. The smallest absolute Gasteiger partial charge is 0.309 e. The first-order valence-electron chi connectivity index (χ1n) is 9.68. The highest BCUT2D eigenvalue weighted by molar-refractivity contribution is 5.85. The van der Waals surface area contributed by atoms with Crippen LogP contribution in [0.2, 0.25) is 0 Å². The number of hydrogen-bond acceptors (Lipinski definition) is 4. The van der Waals surface area contributed by atoms with Crippen LogP contribution in [0.4, 0.5) is 0 Å². The van der Waals surface area contributed by atoms with Crippen LogP contribution < -0.4 is 0 Å². The third-order valence-electron chi connectivity index (χ3n) is 4.76. The normalized spacial score (nSPS) is 17.4. The Balaban J connectivity index is 2.59. The number of nitrogens with zero attached hydrogens (tertiary/aromatic N) is 2. The molecule has 1 rings (SSSR count). The molecule has 0 N–H and O–H groups in total. The molecule has 1 aliphatic heterocycles. The third kappa shape index (κ3) is 5.71. The molecule has 0 aliphatic carbocycles. The van der Waals surface area contributed by atoms with Crippen molar-refractivity contribution >= 4 is 17.8 Å². The molecule has 0 aromatic rings. The highest BCUT2D eigenvalue weighted by Gasteiger charge is 2.35. The summed E-state index contributed by atoms with van der Waals surface area (Å²) in [4.78, 5) is 40.9. The van der Waals surface area contributed by atoms with Gasteiger partial charge in [0.15, 0.2) is 6.10 Å². The quantitative estimate of drug-likeness (QED) is 0.700. The molecule has 0 saturated carbocycles. The summed E-state index contributed by atoms with van der Waals surface area (Å²) in [5.74, 6) is -0.636. The number of likely N-dealkylation sites (tertiary alicyclic amines) is 1. The van der Waals surface area contributed by atoms with E-state index in [-0.39, 0.29) is 35.8 Å². The molecule has 0 aromatic carbocycles. The van der Waals surface area contributed by atoms with Gasteiger partial charge in [0, 0.05) is 30.6 Å². The van der Waals surface area contributed by atoms with Gasteiger partial charge in [0.2, 0.25) is 5.91 Å². The summed E-state index contributed by atoms with van der Waals surface area (Å²) in [7, 11) is 0. The van der Waals surface area contributed by atoms with Gasteiger partial charge < -0.3 is 14.5 Å². The van der Waals surface area contributed by atoms with Gasteiger partial charge in [0.05, 0.1) is 5.92 Å². The summed E-state index contributed by atoms with van der Waals surface area (Å²) in [6.45, 7) is 16.3. The number of carbonyl (C=O) groups is 3. The van der Waals surface area contributed by atoms with Crippen LogP contribution in [0.15, 0.2) is 0 Å². The van der Waals surface area contributed by atoms with E-state index in [1.165, 1.54) is 0 Å². The molecule has 0 spiro atoms. The first kappa shape index (κ1) is 22.5. The Kier molecular flexibility index (Phi) is 7.66. The average Bonchev–Trinajstić information content (AvgIpc) is 2.52. The molecular formula is C20H36N2O4. The van der Waals surface area contributed by atoms with Crippen LogP contribution in [-0.2, 0) is 19.1 Å². The molecule has 2 amide bonds. The fourth-order valence-electron chi connectivity index (χ4n) is 3.43. The number of rotatable bonds is 5. The van der Waals surface area contributed by atoms with Gasteiger partial charge in [-0.05, 0) is 47.5 Å². The van der Waals surface area contributed by atoms with E-state index in [9.17, 15) is 14.4 Å². The summed E-state index contributed by atoms with van der Waals surface area (Å²) in [6.07, 6.45) is 0.376. The zero-order valence-electron chi connectivity index (χ0n) is 17.7. The number of piperidine rings is 1. The van der Waals surface area contributed by atoms with Crippen LogP contribution in [0.25, 0.3) is 0 Å². The minimum absolute atomic E-state index is 0.0512. The summed E-state index contributed by atoms with van der Waals surface area (Å²) < 4.78 is 5.46. The van der Waals surface area contributed by atoms with Crippen molar-refractivity contribution in [3.05, 3.63) is 0 Å². The zero-order valence-corrected chi connectivity index (χ0v) is 17.7. The molecule has 6 nitrogen and oxygen atoms in total. The third-order valence-corrected chi connectivity index (χ3v) is 4.76. The van der Waals surface area contributed by atoms with Crippen molar-refractivity contribution in [3.63, 3.8) is 0 Å². The lowest BCUT2D eigenvalue weighted by Gasteiger charge is -2.36. The monoisotopic (exact) mass is 368 g/mol. The molecule has 1 unspecified atom stereocenters. The molecule has 0 radical (unpaired) electrons. The molecule has 26 heavy (non-hydrogen) atoms. The SMILES string of the molecule is CC(OC(=O)C1CCN(C(=O)C(C)(C)C)CC1)C(=O)N(C(C)C)C(C)C. The first-order valence-corrected chi connectivity index (χ1v) is 9.68. The number of hydrogen-bond donors (Lipinski definition) is 0. The van der Waals surface area contributed by atoms with Crippen molar-refractivity contribution < 1.29 is 19.1 Å². The van der Waals surface area contributed by atoms with E-state index in [2.05, 4.69) is 0 Å². The molecule has 0 bridgehead atoms. The Morgan fingerprint density at radius 1 is 0.962 bits per heavy atom. The Morgan fingerprint density at radius 2 is 1.42 bits per heavy atom. The Labute approximate surface area is 158 Å². The van der Waals surface area contributed by atoms with Crippen molar-refractivity contribution in [2.24, 2.45) is 11.3 Å². The van der Waals surface area contributed by atoms with Crippen molar-refractivity contribution in [2.75, 3.05) is 13.1 Å². The molecule has 6 heteroatoms. The highest BCUT2D eigenvalue weighted by atomic mass is 16.5. The van der Waals surface area contributed by atoms with E-state index in [0.717, 1.165) is 0 Å². The first-order chi connectivity index (χ1) is 11.9. The molecule has 1 atom stereocenters. The topological polar surface area (TPSA) is 66.9 Å². The van der Waals surface area contributed by atoms with Crippen molar-refractivity contribution in [3.8, 4) is 0 Å². The van der Waals surface area contributed by atoms with Gasteiger partial charge in [-0.2, -0.15) is 0 Å². The van der Waals surface area contributed by atoms with Gasteiger partial charge in [-0.25, -0.2) is 0 Å². The van der Waals surface area contributed by atoms with Gasteiger partial charge >= 0.3 is 5.97 Å². The zero-order chi connectivity index (χ0) is 20.2. The summed E-state index contributed by atoms with van der Waals surface area (Å²) in [5.41, 5.74) is -0.411. The summed E-state index contributed by atoms with van der Waals surface area (Å²) >= 11 is 0. The maximum Gasteiger partial charge on any atom is 0.309 e. The fraction of sp³-hybridized carbons (Fsp3) is 0.850. The van der Waals surface area contributed by atoms with Crippen LogP contribution in [0.5, 0.6) is 0 Å². The molecular weight excluding hydrogens is 332 g/mol. The van der Waals surface area contributed by atoms with E-state index < -0.39 is 11.5 Å². The lowest BCUT2D eigenvalue weighted by Crippen LogP contribution is -2.48. The predicted molar refractivity (Wildman–Crippen MR) is 101 cm³/mol.